The Morgan fingerprint density at radius 2 is 2.17 bits per heavy atom. The van der Waals surface area contributed by atoms with Crippen molar-refractivity contribution in [2.24, 2.45) is 0 Å². The van der Waals surface area contributed by atoms with E-state index in [9.17, 15) is 13.2 Å². The third-order valence-corrected chi connectivity index (χ3v) is 7.34. The average molecular weight is 435 g/mol. The number of benzene rings is 1. The van der Waals surface area contributed by atoms with Crippen molar-refractivity contribution >= 4 is 33.2 Å². The van der Waals surface area contributed by atoms with Crippen LogP contribution in [0.4, 0.5) is 0 Å². The fraction of sp³-hybridized carbons (Fsp3) is 0.429. The normalized spacial score (nSPS) is 18.2. The molecule has 0 bridgehead atoms. The molecule has 0 aliphatic carbocycles. The third kappa shape index (κ3) is 5.90. The van der Waals surface area contributed by atoms with Crippen LogP contribution in [0.15, 0.2) is 35.7 Å². The highest BCUT2D eigenvalue weighted by Gasteiger charge is 2.33. The molecule has 1 amide bonds. The molecule has 1 aromatic heterocycles. The maximum Gasteiger partial charge on any atom is 0.246 e. The van der Waals surface area contributed by atoms with Crippen LogP contribution in [0.5, 0.6) is 5.75 Å². The van der Waals surface area contributed by atoms with E-state index >= 15 is 0 Å². The van der Waals surface area contributed by atoms with E-state index in [1.54, 1.807) is 22.3 Å². The Kier molecular flexibility index (Phi) is 7.08. The number of carbonyl (C=O) groups is 1. The number of rotatable bonds is 8. The van der Waals surface area contributed by atoms with Crippen LogP contribution in [0.1, 0.15) is 36.0 Å². The first-order chi connectivity index (χ1) is 13.9. The van der Waals surface area contributed by atoms with Gasteiger partial charge < -0.3 is 9.64 Å². The minimum absolute atomic E-state index is 0.0549. The van der Waals surface area contributed by atoms with Crippen molar-refractivity contribution in [3.63, 3.8) is 0 Å². The van der Waals surface area contributed by atoms with Gasteiger partial charge in [-0.15, -0.1) is 11.3 Å². The Morgan fingerprint density at radius 1 is 1.38 bits per heavy atom. The largest absolute Gasteiger partial charge is 0.487 e. The maximum atomic E-state index is 12.8. The fourth-order valence-corrected chi connectivity index (χ4v) is 5.70. The second kappa shape index (κ2) is 9.54. The van der Waals surface area contributed by atoms with Gasteiger partial charge in [0.25, 0.3) is 0 Å². The lowest BCUT2D eigenvalue weighted by molar-refractivity contribution is -0.127. The summed E-state index contributed by atoms with van der Waals surface area (Å²) in [6.45, 7) is 4.85. The molecule has 8 heteroatoms. The lowest BCUT2D eigenvalue weighted by atomic mass is 10.1. The molecule has 1 saturated heterocycles. The molecular formula is C21H26N2O4S2. The van der Waals surface area contributed by atoms with Crippen LogP contribution >= 0.6 is 11.3 Å². The number of sulfone groups is 1. The van der Waals surface area contributed by atoms with E-state index in [0.717, 1.165) is 22.7 Å². The van der Waals surface area contributed by atoms with Gasteiger partial charge in [-0.3, -0.25) is 4.79 Å². The molecule has 0 spiro atoms. The standard InChI is InChI=1S/C21H26N2O4S2/c1-3-11-23(19-10-12-29(25,26)15-19)21(24)9-8-17-6-4-5-7-20(17)27-13-18-14-28-16(2)22-18/h4-9,14,19H,3,10-13,15H2,1-2H3/b9-8+. The lowest BCUT2D eigenvalue weighted by Gasteiger charge is -2.26. The maximum absolute atomic E-state index is 12.8. The van der Waals surface area contributed by atoms with Crippen LogP contribution < -0.4 is 4.74 Å². The molecule has 2 aromatic rings. The molecule has 1 atom stereocenters. The van der Waals surface area contributed by atoms with E-state index in [-0.39, 0.29) is 23.5 Å². The minimum atomic E-state index is -3.04. The number of carbonyl (C=O) groups excluding carboxylic acids is 1. The van der Waals surface area contributed by atoms with Crippen molar-refractivity contribution in [1.29, 1.82) is 0 Å². The van der Waals surface area contributed by atoms with E-state index in [1.165, 1.54) is 6.08 Å². The van der Waals surface area contributed by atoms with Gasteiger partial charge in [-0.05, 0) is 31.9 Å². The zero-order chi connectivity index (χ0) is 20.9. The Morgan fingerprint density at radius 3 is 2.83 bits per heavy atom. The molecule has 1 aromatic carbocycles. The number of amides is 1. The van der Waals surface area contributed by atoms with Crippen LogP contribution in [0.3, 0.4) is 0 Å². The predicted octanol–water partition coefficient (Wildman–Crippen LogP) is 3.47. The molecule has 0 radical (unpaired) electrons. The summed E-state index contributed by atoms with van der Waals surface area (Å²) in [6, 6.07) is 7.27. The molecule has 156 valence electrons. The number of aryl methyl sites for hydroxylation is 1. The first kappa shape index (κ1) is 21.5. The van der Waals surface area contributed by atoms with Gasteiger partial charge in [-0.25, -0.2) is 13.4 Å². The van der Waals surface area contributed by atoms with Gasteiger partial charge in [0.15, 0.2) is 9.84 Å². The molecule has 0 N–H and O–H groups in total. The second-order valence-electron chi connectivity index (χ2n) is 7.11. The molecule has 29 heavy (non-hydrogen) atoms. The van der Waals surface area contributed by atoms with E-state index in [0.29, 0.717) is 25.3 Å². The van der Waals surface area contributed by atoms with Crippen LogP contribution in [0.25, 0.3) is 6.08 Å². The van der Waals surface area contributed by atoms with Crippen LogP contribution in [0.2, 0.25) is 0 Å². The molecular weight excluding hydrogens is 408 g/mol. The van der Waals surface area contributed by atoms with Gasteiger partial charge in [0.05, 0.1) is 22.2 Å². The van der Waals surface area contributed by atoms with Gasteiger partial charge >= 0.3 is 0 Å². The summed E-state index contributed by atoms with van der Waals surface area (Å²) < 4.78 is 29.5. The number of ether oxygens (including phenoxy) is 1. The smallest absolute Gasteiger partial charge is 0.246 e. The van der Waals surface area contributed by atoms with Gasteiger partial charge in [-0.1, -0.05) is 25.1 Å². The SMILES string of the molecule is CCCN(C(=O)/C=C/c1ccccc1OCc1csc(C)n1)C1CCS(=O)(=O)C1. The van der Waals surface area contributed by atoms with Crippen molar-refractivity contribution < 1.29 is 17.9 Å². The van der Waals surface area contributed by atoms with Crippen molar-refractivity contribution in [3.05, 3.63) is 52.0 Å². The first-order valence-electron chi connectivity index (χ1n) is 9.70. The number of hydrogen-bond donors (Lipinski definition) is 0. The van der Waals surface area contributed by atoms with Crippen molar-refractivity contribution in [2.45, 2.75) is 39.3 Å². The zero-order valence-corrected chi connectivity index (χ0v) is 18.3. The molecule has 0 saturated carbocycles. The zero-order valence-electron chi connectivity index (χ0n) is 16.7. The highest BCUT2D eigenvalue weighted by Crippen LogP contribution is 2.23. The Labute approximate surface area is 176 Å². The van der Waals surface area contributed by atoms with E-state index in [1.807, 2.05) is 43.5 Å². The van der Waals surface area contributed by atoms with Crippen molar-refractivity contribution in [2.75, 3.05) is 18.1 Å². The summed E-state index contributed by atoms with van der Waals surface area (Å²) in [7, 11) is -3.04. The number of hydrogen-bond acceptors (Lipinski definition) is 6. The Hall–Kier alpha value is -2.19. The summed E-state index contributed by atoms with van der Waals surface area (Å²) in [5.74, 6) is 0.715. The van der Waals surface area contributed by atoms with Crippen molar-refractivity contribution in [3.8, 4) is 5.75 Å². The number of thiazole rings is 1. The molecule has 2 heterocycles. The van der Waals surface area contributed by atoms with E-state index < -0.39 is 9.84 Å². The van der Waals surface area contributed by atoms with E-state index in [4.69, 9.17) is 4.74 Å². The van der Waals surface area contributed by atoms with Gasteiger partial charge in [0, 0.05) is 29.6 Å². The quantitative estimate of drug-likeness (QED) is 0.595. The van der Waals surface area contributed by atoms with Crippen molar-refractivity contribution in [1.82, 2.24) is 9.88 Å². The summed E-state index contributed by atoms with van der Waals surface area (Å²) in [5.41, 5.74) is 1.67. The molecule has 1 aliphatic heterocycles. The summed E-state index contributed by atoms with van der Waals surface area (Å²) >= 11 is 1.58. The average Bonchev–Trinajstić information content (AvgIpc) is 3.27. The van der Waals surface area contributed by atoms with Crippen LogP contribution in [0, 0.1) is 6.92 Å². The van der Waals surface area contributed by atoms with E-state index in [2.05, 4.69) is 4.98 Å². The Balaban J connectivity index is 1.70. The van der Waals surface area contributed by atoms with Crippen LogP contribution in [-0.4, -0.2) is 48.3 Å². The molecule has 6 nitrogen and oxygen atoms in total. The molecule has 1 aliphatic rings. The molecule has 3 rings (SSSR count). The first-order valence-corrected chi connectivity index (χ1v) is 12.4. The van der Waals surface area contributed by atoms with Gasteiger partial charge in [0.2, 0.25) is 5.91 Å². The highest BCUT2D eigenvalue weighted by atomic mass is 32.2. The monoisotopic (exact) mass is 434 g/mol. The van der Waals surface area contributed by atoms with Gasteiger partial charge in [0.1, 0.15) is 12.4 Å². The predicted molar refractivity (Wildman–Crippen MR) is 116 cm³/mol. The minimum Gasteiger partial charge on any atom is -0.487 e. The Bertz CT molecular complexity index is 982. The number of nitrogens with zero attached hydrogens (tertiary/aromatic N) is 2. The fourth-order valence-electron chi connectivity index (χ4n) is 3.37. The summed E-state index contributed by atoms with van der Waals surface area (Å²) in [4.78, 5) is 18.9. The number of aromatic nitrogens is 1. The topological polar surface area (TPSA) is 76.6 Å². The third-order valence-electron chi connectivity index (χ3n) is 4.76. The lowest BCUT2D eigenvalue weighted by Crippen LogP contribution is -2.40. The molecule has 1 fully saturated rings. The number of para-hydroxylation sites is 1. The summed E-state index contributed by atoms with van der Waals surface area (Å²) in [6.07, 6.45) is 4.53. The van der Waals surface area contributed by atoms with Gasteiger partial charge in [-0.2, -0.15) is 0 Å². The molecule has 1 unspecified atom stereocenters. The van der Waals surface area contributed by atoms with Crippen LogP contribution in [-0.2, 0) is 21.2 Å². The highest BCUT2D eigenvalue weighted by molar-refractivity contribution is 7.91. The summed E-state index contributed by atoms with van der Waals surface area (Å²) in [5, 5.41) is 2.96. The second-order valence-corrected chi connectivity index (χ2v) is 10.4.